The summed E-state index contributed by atoms with van der Waals surface area (Å²) in [7, 11) is 0. The Kier molecular flexibility index (Phi) is 6.33. The number of aromatic amines is 1. The first-order valence-corrected chi connectivity index (χ1v) is 12.3. The lowest BCUT2D eigenvalue weighted by Crippen LogP contribution is -2.57. The molecule has 2 aromatic carbocycles. The highest BCUT2D eigenvalue weighted by Gasteiger charge is 2.29. The molecule has 0 amide bonds. The Morgan fingerprint density at radius 3 is 2.65 bits per heavy atom. The Balaban J connectivity index is 1.35. The fourth-order valence-electron chi connectivity index (χ4n) is 3.88. The van der Waals surface area contributed by atoms with Crippen LogP contribution in [0.15, 0.2) is 47.4 Å². The zero-order chi connectivity index (χ0) is 23.8. The Bertz CT molecular complexity index is 1320. The van der Waals surface area contributed by atoms with E-state index in [0.29, 0.717) is 33.5 Å². The summed E-state index contributed by atoms with van der Waals surface area (Å²) in [5.41, 5.74) is 3.27. The second kappa shape index (κ2) is 9.40. The SMILES string of the molecule is Cc1[nH]nc2nc(-c3ccc(NSc4cc(Cl)ccc4F)cc3)nc(NC3CN(C(C)C)C3)c12. The molecule has 0 spiro atoms. The molecule has 1 saturated heterocycles. The molecule has 3 N–H and O–H groups in total. The average molecular weight is 498 g/mol. The molecule has 0 atom stereocenters. The van der Waals surface area contributed by atoms with Crippen molar-refractivity contribution >= 4 is 46.1 Å². The predicted molar refractivity (Wildman–Crippen MR) is 137 cm³/mol. The maximum absolute atomic E-state index is 14.0. The van der Waals surface area contributed by atoms with Crippen LogP contribution in [0.25, 0.3) is 22.4 Å². The Morgan fingerprint density at radius 2 is 1.91 bits per heavy atom. The van der Waals surface area contributed by atoms with Crippen molar-refractivity contribution in [2.75, 3.05) is 23.1 Å². The van der Waals surface area contributed by atoms with E-state index >= 15 is 0 Å². The molecule has 176 valence electrons. The number of rotatable bonds is 7. The van der Waals surface area contributed by atoms with Gasteiger partial charge in [-0.3, -0.25) is 10.00 Å². The zero-order valence-corrected chi connectivity index (χ0v) is 20.6. The van der Waals surface area contributed by atoms with Gasteiger partial charge in [0.2, 0.25) is 0 Å². The van der Waals surface area contributed by atoms with Crippen LogP contribution in [-0.4, -0.2) is 50.2 Å². The predicted octanol–water partition coefficient (Wildman–Crippen LogP) is 5.74. The van der Waals surface area contributed by atoms with E-state index in [-0.39, 0.29) is 5.82 Å². The van der Waals surface area contributed by atoms with Gasteiger partial charge in [-0.25, -0.2) is 14.4 Å². The molecule has 1 aliphatic heterocycles. The molecule has 5 rings (SSSR count). The molecule has 0 aliphatic carbocycles. The van der Waals surface area contributed by atoms with Crippen molar-refractivity contribution in [1.82, 2.24) is 25.1 Å². The van der Waals surface area contributed by atoms with Gasteiger partial charge in [-0.15, -0.1) is 0 Å². The lowest BCUT2D eigenvalue weighted by molar-refractivity contribution is 0.122. The van der Waals surface area contributed by atoms with Crippen LogP contribution in [0.2, 0.25) is 5.02 Å². The van der Waals surface area contributed by atoms with Crippen LogP contribution in [0.4, 0.5) is 15.9 Å². The smallest absolute Gasteiger partial charge is 0.186 e. The van der Waals surface area contributed by atoms with Gasteiger partial charge >= 0.3 is 0 Å². The van der Waals surface area contributed by atoms with Crippen LogP contribution in [0.1, 0.15) is 19.5 Å². The van der Waals surface area contributed by atoms with Crippen molar-refractivity contribution in [3.8, 4) is 11.4 Å². The highest BCUT2D eigenvalue weighted by atomic mass is 35.5. The number of fused-ring (bicyclic) bond motifs is 1. The first kappa shape index (κ1) is 22.9. The first-order chi connectivity index (χ1) is 16.4. The van der Waals surface area contributed by atoms with Crippen LogP contribution >= 0.6 is 23.5 Å². The second-order valence-corrected chi connectivity index (χ2v) is 9.97. The summed E-state index contributed by atoms with van der Waals surface area (Å²) in [5, 5.41) is 12.4. The zero-order valence-electron chi connectivity index (χ0n) is 19.1. The van der Waals surface area contributed by atoms with Gasteiger partial charge in [-0.05, 0) is 75.2 Å². The monoisotopic (exact) mass is 497 g/mol. The number of nitrogens with zero attached hydrogens (tertiary/aromatic N) is 4. The van der Waals surface area contributed by atoms with Gasteiger partial charge in [0.05, 0.1) is 16.3 Å². The Hall–Kier alpha value is -2.88. The third kappa shape index (κ3) is 4.68. The number of halogens is 2. The molecule has 0 unspecified atom stereocenters. The Morgan fingerprint density at radius 1 is 1.15 bits per heavy atom. The van der Waals surface area contributed by atoms with Crippen molar-refractivity contribution in [2.45, 2.75) is 37.8 Å². The van der Waals surface area contributed by atoms with Gasteiger partial charge in [0.1, 0.15) is 11.6 Å². The minimum atomic E-state index is -0.322. The number of nitrogens with one attached hydrogen (secondary N) is 3. The number of H-pyrrole nitrogens is 1. The molecule has 0 bridgehead atoms. The molecular formula is C24H25ClFN7S. The number of aryl methyl sites for hydroxylation is 1. The lowest BCUT2D eigenvalue weighted by Gasteiger charge is -2.42. The van der Waals surface area contributed by atoms with E-state index in [1.807, 2.05) is 31.2 Å². The summed E-state index contributed by atoms with van der Waals surface area (Å²) < 4.78 is 17.1. The average Bonchev–Trinajstić information content (AvgIpc) is 3.17. The van der Waals surface area contributed by atoms with E-state index < -0.39 is 0 Å². The molecule has 1 aliphatic rings. The van der Waals surface area contributed by atoms with Crippen LogP contribution < -0.4 is 10.0 Å². The summed E-state index contributed by atoms with van der Waals surface area (Å²) in [6.45, 7) is 8.37. The maximum atomic E-state index is 14.0. The van der Waals surface area contributed by atoms with Crippen molar-refractivity contribution in [3.05, 3.63) is 59.0 Å². The van der Waals surface area contributed by atoms with E-state index in [2.05, 4.69) is 44.0 Å². The number of aromatic nitrogens is 4. The molecule has 4 aromatic rings. The van der Waals surface area contributed by atoms with Gasteiger partial charge in [-0.1, -0.05) is 11.6 Å². The number of anilines is 2. The van der Waals surface area contributed by atoms with E-state index in [9.17, 15) is 4.39 Å². The largest absolute Gasteiger partial charge is 0.364 e. The lowest BCUT2D eigenvalue weighted by atomic mass is 10.1. The Labute approximate surface area is 206 Å². The minimum absolute atomic E-state index is 0.322. The fraction of sp³-hybridized carbons (Fsp3) is 0.292. The van der Waals surface area contributed by atoms with Crippen LogP contribution in [0, 0.1) is 12.7 Å². The van der Waals surface area contributed by atoms with E-state index in [1.165, 1.54) is 24.1 Å². The quantitative estimate of drug-likeness (QED) is 0.281. The number of likely N-dealkylation sites (tertiary alicyclic amines) is 1. The van der Waals surface area contributed by atoms with E-state index in [1.54, 1.807) is 6.07 Å². The van der Waals surface area contributed by atoms with Crippen molar-refractivity contribution < 1.29 is 4.39 Å². The maximum Gasteiger partial charge on any atom is 0.186 e. The topological polar surface area (TPSA) is 81.8 Å². The van der Waals surface area contributed by atoms with Gasteiger partial charge < -0.3 is 10.0 Å². The minimum Gasteiger partial charge on any atom is -0.364 e. The van der Waals surface area contributed by atoms with Crippen LogP contribution in [0.3, 0.4) is 0 Å². The summed E-state index contributed by atoms with van der Waals surface area (Å²) in [6, 6.07) is 13.1. The summed E-state index contributed by atoms with van der Waals surface area (Å²) in [5.74, 6) is 1.08. The van der Waals surface area contributed by atoms with Crippen molar-refractivity contribution in [1.29, 1.82) is 0 Å². The van der Waals surface area contributed by atoms with Crippen LogP contribution in [-0.2, 0) is 0 Å². The molecule has 2 aromatic heterocycles. The standard InChI is InChI=1S/C24H25ClFN7S/c1-13(2)33-11-18(12-33)27-23-21-14(3)30-31-24(21)29-22(28-23)15-4-7-17(8-5-15)32-34-20-10-16(25)6-9-19(20)26/h4-10,13,18,32H,11-12H2,1-3H3,(H2,27,28,29,30,31). The summed E-state index contributed by atoms with van der Waals surface area (Å²) in [4.78, 5) is 12.4. The molecule has 1 fully saturated rings. The van der Waals surface area contributed by atoms with Crippen molar-refractivity contribution in [2.24, 2.45) is 0 Å². The van der Waals surface area contributed by atoms with E-state index in [4.69, 9.17) is 16.6 Å². The number of hydrogen-bond donors (Lipinski definition) is 3. The molecule has 0 saturated carbocycles. The summed E-state index contributed by atoms with van der Waals surface area (Å²) >= 11 is 7.14. The molecule has 34 heavy (non-hydrogen) atoms. The van der Waals surface area contributed by atoms with Crippen molar-refractivity contribution in [3.63, 3.8) is 0 Å². The number of benzene rings is 2. The van der Waals surface area contributed by atoms with Gasteiger partial charge in [0.25, 0.3) is 0 Å². The second-order valence-electron chi connectivity index (χ2n) is 8.69. The third-order valence-corrected chi connectivity index (χ3v) is 7.00. The highest BCUT2D eigenvalue weighted by molar-refractivity contribution is 8.00. The third-order valence-electron chi connectivity index (χ3n) is 5.89. The molecule has 3 heterocycles. The molecule has 0 radical (unpaired) electrons. The first-order valence-electron chi connectivity index (χ1n) is 11.1. The highest BCUT2D eigenvalue weighted by Crippen LogP contribution is 2.30. The van der Waals surface area contributed by atoms with Gasteiger partial charge in [-0.2, -0.15) is 5.10 Å². The summed E-state index contributed by atoms with van der Waals surface area (Å²) in [6.07, 6.45) is 0. The normalized spacial score (nSPS) is 14.5. The molecule has 10 heteroatoms. The van der Waals surface area contributed by atoms with E-state index in [0.717, 1.165) is 41.2 Å². The van der Waals surface area contributed by atoms with Crippen LogP contribution in [0.5, 0.6) is 0 Å². The van der Waals surface area contributed by atoms with Gasteiger partial charge in [0, 0.05) is 41.1 Å². The molecule has 7 nitrogen and oxygen atoms in total. The fourth-order valence-corrected chi connectivity index (χ4v) is 4.83. The number of hydrogen-bond acceptors (Lipinski definition) is 7. The van der Waals surface area contributed by atoms with Gasteiger partial charge in [0.15, 0.2) is 11.5 Å². The molecular weight excluding hydrogens is 473 g/mol.